The molecule has 1 heterocycles. The van der Waals surface area contributed by atoms with Gasteiger partial charge < -0.3 is 15.7 Å². The van der Waals surface area contributed by atoms with Crippen molar-refractivity contribution in [2.75, 3.05) is 5.32 Å². The average Bonchev–Trinajstić information content (AvgIpc) is 2.82. The Morgan fingerprint density at radius 2 is 1.90 bits per heavy atom. The van der Waals surface area contributed by atoms with E-state index in [-0.39, 0.29) is 0 Å². The summed E-state index contributed by atoms with van der Waals surface area (Å²) in [5, 5.41) is 14.6. The molecular formula is C14H19N3O3. The summed E-state index contributed by atoms with van der Waals surface area (Å²) in [6.07, 6.45) is 2.58. The van der Waals surface area contributed by atoms with Crippen LogP contribution in [0.3, 0.4) is 0 Å². The van der Waals surface area contributed by atoms with Gasteiger partial charge in [-0.15, -0.1) is 0 Å². The lowest BCUT2D eigenvalue weighted by molar-refractivity contribution is -0.144. The van der Waals surface area contributed by atoms with Crippen molar-refractivity contribution in [3.8, 4) is 0 Å². The molecule has 2 rings (SSSR count). The first-order chi connectivity index (χ1) is 9.43. The number of hydrogen-bond donors (Lipinski definition) is 3. The topological polar surface area (TPSA) is 91.3 Å². The smallest absolute Gasteiger partial charge is 0.329 e. The zero-order chi connectivity index (χ0) is 14.8. The molecule has 0 radical (unpaired) electrons. The SMILES string of the molecule is Cc1ccc(NC(=O)NC2(C(=O)O)CCCC2)c(C)n1. The monoisotopic (exact) mass is 277 g/mol. The Bertz CT molecular complexity index is 536. The molecular weight excluding hydrogens is 258 g/mol. The Kier molecular flexibility index (Phi) is 3.92. The van der Waals surface area contributed by atoms with Crippen LogP contribution in [0, 0.1) is 13.8 Å². The summed E-state index contributed by atoms with van der Waals surface area (Å²) < 4.78 is 0. The van der Waals surface area contributed by atoms with Gasteiger partial charge in [-0.1, -0.05) is 12.8 Å². The van der Waals surface area contributed by atoms with Gasteiger partial charge in [-0.2, -0.15) is 0 Å². The Labute approximate surface area is 117 Å². The molecule has 108 valence electrons. The van der Waals surface area contributed by atoms with Crippen LogP contribution in [0.2, 0.25) is 0 Å². The van der Waals surface area contributed by atoms with Gasteiger partial charge in [0, 0.05) is 5.69 Å². The Balaban J connectivity index is 2.07. The van der Waals surface area contributed by atoms with Crippen molar-refractivity contribution in [2.24, 2.45) is 0 Å². The van der Waals surface area contributed by atoms with Gasteiger partial charge >= 0.3 is 12.0 Å². The highest BCUT2D eigenvalue weighted by Gasteiger charge is 2.42. The van der Waals surface area contributed by atoms with E-state index >= 15 is 0 Å². The summed E-state index contributed by atoms with van der Waals surface area (Å²) in [5.74, 6) is -0.969. The van der Waals surface area contributed by atoms with Crippen LogP contribution < -0.4 is 10.6 Å². The van der Waals surface area contributed by atoms with Crippen molar-refractivity contribution >= 4 is 17.7 Å². The van der Waals surface area contributed by atoms with Gasteiger partial charge in [0.2, 0.25) is 0 Å². The minimum Gasteiger partial charge on any atom is -0.480 e. The molecule has 0 atom stereocenters. The van der Waals surface area contributed by atoms with Crippen LogP contribution in [-0.4, -0.2) is 27.6 Å². The van der Waals surface area contributed by atoms with Crippen LogP contribution in [0.15, 0.2) is 12.1 Å². The van der Waals surface area contributed by atoms with Gasteiger partial charge in [0.05, 0.1) is 11.4 Å². The number of amides is 2. The Hall–Kier alpha value is -2.11. The van der Waals surface area contributed by atoms with E-state index < -0.39 is 17.5 Å². The lowest BCUT2D eigenvalue weighted by Gasteiger charge is -2.25. The second kappa shape index (κ2) is 5.48. The van der Waals surface area contributed by atoms with Crippen molar-refractivity contribution in [1.29, 1.82) is 0 Å². The molecule has 6 nitrogen and oxygen atoms in total. The van der Waals surface area contributed by atoms with Crippen LogP contribution in [-0.2, 0) is 4.79 Å². The summed E-state index contributed by atoms with van der Waals surface area (Å²) in [5.41, 5.74) is 1.03. The fraction of sp³-hybridized carbons (Fsp3) is 0.500. The molecule has 1 aromatic heterocycles. The molecule has 0 unspecified atom stereocenters. The minimum atomic E-state index is -1.13. The molecule has 1 saturated carbocycles. The lowest BCUT2D eigenvalue weighted by Crippen LogP contribution is -2.53. The largest absolute Gasteiger partial charge is 0.480 e. The molecule has 0 aliphatic heterocycles. The number of carbonyl (C=O) groups excluding carboxylic acids is 1. The van der Waals surface area contributed by atoms with E-state index in [1.807, 2.05) is 6.92 Å². The van der Waals surface area contributed by atoms with E-state index in [0.29, 0.717) is 24.2 Å². The molecule has 1 aromatic rings. The number of anilines is 1. The van der Waals surface area contributed by atoms with Crippen molar-refractivity contribution in [1.82, 2.24) is 10.3 Å². The number of rotatable bonds is 3. The normalized spacial score (nSPS) is 16.7. The number of carbonyl (C=O) groups is 2. The number of urea groups is 1. The van der Waals surface area contributed by atoms with E-state index in [1.54, 1.807) is 19.1 Å². The number of carboxylic acids is 1. The number of carboxylic acid groups (broad SMARTS) is 1. The second-order valence-corrected chi connectivity index (χ2v) is 5.26. The molecule has 6 heteroatoms. The first-order valence-corrected chi connectivity index (χ1v) is 6.70. The highest BCUT2D eigenvalue weighted by molar-refractivity contribution is 5.94. The van der Waals surface area contributed by atoms with Crippen LogP contribution in [0.1, 0.15) is 37.1 Å². The van der Waals surface area contributed by atoms with E-state index in [0.717, 1.165) is 18.5 Å². The number of nitrogens with one attached hydrogen (secondary N) is 2. The maximum atomic E-state index is 12.0. The number of hydrogen-bond acceptors (Lipinski definition) is 3. The standard InChI is InChI=1S/C14H19N3O3/c1-9-5-6-11(10(2)15-9)16-13(20)17-14(12(18)19)7-3-4-8-14/h5-6H,3-4,7-8H2,1-2H3,(H,18,19)(H2,16,17,20). The van der Waals surface area contributed by atoms with Gasteiger partial charge in [0.1, 0.15) is 5.54 Å². The number of aliphatic carboxylic acids is 1. The van der Waals surface area contributed by atoms with Gasteiger partial charge in [-0.05, 0) is 38.8 Å². The van der Waals surface area contributed by atoms with Crippen molar-refractivity contribution in [3.63, 3.8) is 0 Å². The molecule has 0 spiro atoms. The van der Waals surface area contributed by atoms with Gasteiger partial charge in [-0.25, -0.2) is 9.59 Å². The average molecular weight is 277 g/mol. The highest BCUT2D eigenvalue weighted by atomic mass is 16.4. The summed E-state index contributed by atoms with van der Waals surface area (Å²) in [4.78, 5) is 27.6. The van der Waals surface area contributed by atoms with E-state index in [4.69, 9.17) is 0 Å². The summed E-state index contributed by atoms with van der Waals surface area (Å²) in [6, 6.07) is 3.06. The van der Waals surface area contributed by atoms with Gasteiger partial charge in [-0.3, -0.25) is 4.98 Å². The third-order valence-corrected chi connectivity index (χ3v) is 3.69. The maximum Gasteiger partial charge on any atom is 0.329 e. The fourth-order valence-electron chi connectivity index (χ4n) is 2.56. The maximum absolute atomic E-state index is 12.0. The zero-order valence-electron chi connectivity index (χ0n) is 11.7. The summed E-state index contributed by atoms with van der Waals surface area (Å²) >= 11 is 0. The first kappa shape index (κ1) is 14.3. The molecule has 0 aromatic carbocycles. The fourth-order valence-corrected chi connectivity index (χ4v) is 2.56. The molecule has 3 N–H and O–H groups in total. The molecule has 0 saturated heterocycles. The molecule has 1 fully saturated rings. The summed E-state index contributed by atoms with van der Waals surface area (Å²) in [6.45, 7) is 3.67. The predicted octanol–water partition coefficient (Wildman–Crippen LogP) is 2.22. The van der Waals surface area contributed by atoms with Gasteiger partial charge in [0.15, 0.2) is 0 Å². The Morgan fingerprint density at radius 1 is 1.25 bits per heavy atom. The predicted molar refractivity (Wildman–Crippen MR) is 74.7 cm³/mol. The van der Waals surface area contributed by atoms with E-state index in [1.165, 1.54) is 0 Å². The van der Waals surface area contributed by atoms with E-state index in [9.17, 15) is 14.7 Å². The molecule has 1 aliphatic rings. The number of nitrogens with zero attached hydrogens (tertiary/aromatic N) is 1. The number of aromatic nitrogens is 1. The molecule has 0 bridgehead atoms. The van der Waals surface area contributed by atoms with Gasteiger partial charge in [0.25, 0.3) is 0 Å². The Morgan fingerprint density at radius 3 is 2.45 bits per heavy atom. The molecule has 1 aliphatic carbocycles. The van der Waals surface area contributed by atoms with E-state index in [2.05, 4.69) is 15.6 Å². The minimum absolute atomic E-state index is 0.473. The van der Waals surface area contributed by atoms with Crippen LogP contribution >= 0.6 is 0 Å². The van der Waals surface area contributed by atoms with Crippen LogP contribution in [0.25, 0.3) is 0 Å². The van der Waals surface area contributed by atoms with Crippen molar-refractivity contribution < 1.29 is 14.7 Å². The van der Waals surface area contributed by atoms with Crippen molar-refractivity contribution in [2.45, 2.75) is 45.1 Å². The molecule has 2 amide bonds. The third kappa shape index (κ3) is 2.89. The quantitative estimate of drug-likeness (QED) is 0.790. The lowest BCUT2D eigenvalue weighted by atomic mass is 9.98. The third-order valence-electron chi connectivity index (χ3n) is 3.69. The molecule has 20 heavy (non-hydrogen) atoms. The number of aryl methyl sites for hydroxylation is 2. The summed E-state index contributed by atoms with van der Waals surface area (Å²) in [7, 11) is 0. The first-order valence-electron chi connectivity index (χ1n) is 6.70. The number of pyridine rings is 1. The highest BCUT2D eigenvalue weighted by Crippen LogP contribution is 2.30. The van der Waals surface area contributed by atoms with Crippen LogP contribution in [0.4, 0.5) is 10.5 Å². The van der Waals surface area contributed by atoms with Crippen molar-refractivity contribution in [3.05, 3.63) is 23.5 Å². The van der Waals surface area contributed by atoms with Crippen LogP contribution in [0.5, 0.6) is 0 Å². The second-order valence-electron chi connectivity index (χ2n) is 5.26. The zero-order valence-corrected chi connectivity index (χ0v) is 11.7.